The van der Waals surface area contributed by atoms with Crippen LogP contribution in [0.2, 0.25) is 0 Å². The van der Waals surface area contributed by atoms with Crippen molar-refractivity contribution in [2.24, 2.45) is 0 Å². The summed E-state index contributed by atoms with van der Waals surface area (Å²) in [6.45, 7) is 2.30. The number of anilines is 2. The number of fused-ring (bicyclic) bond motifs is 2. The SMILES string of the molecule is CNc1cc(-c2cnc(N)c(OCc3ccnc4[nH]ccc34)n2)cc2c1CCN(C)C2. The van der Waals surface area contributed by atoms with Crippen LogP contribution in [0.4, 0.5) is 11.5 Å². The molecular weight excluding hydrogens is 390 g/mol. The average molecular weight is 416 g/mol. The van der Waals surface area contributed by atoms with Gasteiger partial charge in [-0.05, 0) is 48.9 Å². The highest BCUT2D eigenvalue weighted by molar-refractivity contribution is 5.79. The van der Waals surface area contributed by atoms with Crippen LogP contribution in [0.15, 0.2) is 42.9 Å². The molecule has 5 rings (SSSR count). The van der Waals surface area contributed by atoms with E-state index >= 15 is 0 Å². The third-order valence-electron chi connectivity index (χ3n) is 5.77. The molecule has 0 atom stereocenters. The number of likely N-dealkylation sites (N-methyl/N-ethyl adjacent to an activating group) is 1. The number of aromatic amines is 1. The Bertz CT molecular complexity index is 1250. The largest absolute Gasteiger partial charge is 0.470 e. The molecule has 31 heavy (non-hydrogen) atoms. The van der Waals surface area contributed by atoms with Crippen LogP contribution in [0.5, 0.6) is 5.88 Å². The van der Waals surface area contributed by atoms with Gasteiger partial charge in [0.1, 0.15) is 12.3 Å². The van der Waals surface area contributed by atoms with Gasteiger partial charge in [0, 0.05) is 54.7 Å². The van der Waals surface area contributed by atoms with Crippen molar-refractivity contribution in [3.63, 3.8) is 0 Å². The first kappa shape index (κ1) is 19.3. The maximum Gasteiger partial charge on any atom is 0.258 e. The van der Waals surface area contributed by atoms with Gasteiger partial charge < -0.3 is 25.7 Å². The van der Waals surface area contributed by atoms with Crippen LogP contribution in [-0.4, -0.2) is 45.5 Å². The lowest BCUT2D eigenvalue weighted by Crippen LogP contribution is -2.27. The summed E-state index contributed by atoms with van der Waals surface area (Å²) in [6.07, 6.45) is 6.35. The van der Waals surface area contributed by atoms with Crippen molar-refractivity contribution in [2.45, 2.75) is 19.6 Å². The number of hydrogen-bond acceptors (Lipinski definition) is 7. The van der Waals surface area contributed by atoms with Gasteiger partial charge in [0.25, 0.3) is 5.88 Å². The number of nitrogens with two attached hydrogens (primary N) is 1. The van der Waals surface area contributed by atoms with Gasteiger partial charge in [0.15, 0.2) is 5.82 Å². The average Bonchev–Trinajstić information content (AvgIpc) is 3.27. The molecule has 0 amide bonds. The maximum absolute atomic E-state index is 6.07. The maximum atomic E-state index is 6.07. The molecule has 0 radical (unpaired) electrons. The molecule has 0 fully saturated rings. The van der Waals surface area contributed by atoms with E-state index in [1.165, 1.54) is 11.1 Å². The molecule has 0 spiro atoms. The second-order valence-electron chi connectivity index (χ2n) is 7.84. The number of rotatable bonds is 5. The van der Waals surface area contributed by atoms with Crippen LogP contribution in [0, 0.1) is 0 Å². The molecule has 3 aromatic heterocycles. The van der Waals surface area contributed by atoms with Gasteiger partial charge in [-0.15, -0.1) is 0 Å². The summed E-state index contributed by atoms with van der Waals surface area (Å²) >= 11 is 0. The van der Waals surface area contributed by atoms with Crippen LogP contribution in [0.1, 0.15) is 16.7 Å². The summed E-state index contributed by atoms with van der Waals surface area (Å²) in [7, 11) is 4.10. The molecule has 1 aliphatic heterocycles. The van der Waals surface area contributed by atoms with Crippen LogP contribution in [-0.2, 0) is 19.6 Å². The number of nitrogen functional groups attached to an aromatic ring is 1. The Morgan fingerprint density at radius 2 is 2.16 bits per heavy atom. The minimum absolute atomic E-state index is 0.273. The fraction of sp³-hybridized carbons (Fsp3) is 0.261. The van der Waals surface area contributed by atoms with Crippen molar-refractivity contribution >= 4 is 22.5 Å². The highest BCUT2D eigenvalue weighted by Crippen LogP contribution is 2.32. The molecule has 0 aliphatic carbocycles. The second kappa shape index (κ2) is 7.88. The summed E-state index contributed by atoms with van der Waals surface area (Å²) in [5.41, 5.74) is 13.4. The standard InChI is InChI=1S/C23H25N7O/c1-25-19-10-15(9-16-12-30(2)8-5-17(16)19)20-11-28-21(24)23(29-20)31-13-14-3-6-26-22-18(14)4-7-27-22/h3-4,6-7,9-11,25H,5,8,12-13H2,1-2H3,(H2,24,28)(H,26,27). The van der Waals surface area contributed by atoms with E-state index in [0.717, 1.165) is 53.1 Å². The summed E-state index contributed by atoms with van der Waals surface area (Å²) in [5.74, 6) is 0.605. The number of aromatic nitrogens is 4. The van der Waals surface area contributed by atoms with Crippen molar-refractivity contribution in [1.82, 2.24) is 24.8 Å². The monoisotopic (exact) mass is 415 g/mol. The fourth-order valence-electron chi connectivity index (χ4n) is 4.13. The first-order chi connectivity index (χ1) is 15.1. The molecule has 8 heteroatoms. The molecular formula is C23H25N7O. The predicted octanol–water partition coefficient (Wildman–Crippen LogP) is 3.21. The molecule has 8 nitrogen and oxygen atoms in total. The number of nitrogens with one attached hydrogen (secondary N) is 2. The fourth-order valence-corrected chi connectivity index (χ4v) is 4.13. The van der Waals surface area contributed by atoms with Gasteiger partial charge in [0.05, 0.1) is 11.9 Å². The Kier molecular flexibility index (Phi) is 4.91. The summed E-state index contributed by atoms with van der Waals surface area (Å²) in [4.78, 5) is 18.8. The van der Waals surface area contributed by atoms with Crippen molar-refractivity contribution in [2.75, 3.05) is 31.7 Å². The van der Waals surface area contributed by atoms with Crippen molar-refractivity contribution in [1.29, 1.82) is 0 Å². The second-order valence-corrected chi connectivity index (χ2v) is 7.84. The van der Waals surface area contributed by atoms with Crippen LogP contribution in [0.25, 0.3) is 22.3 Å². The van der Waals surface area contributed by atoms with E-state index in [2.05, 4.69) is 44.3 Å². The van der Waals surface area contributed by atoms with Crippen LogP contribution < -0.4 is 15.8 Å². The van der Waals surface area contributed by atoms with Crippen molar-refractivity contribution in [3.05, 3.63) is 59.5 Å². The van der Waals surface area contributed by atoms with E-state index < -0.39 is 0 Å². The summed E-state index contributed by atoms with van der Waals surface area (Å²) in [5, 5.41) is 4.35. The topological polar surface area (TPSA) is 105 Å². The highest BCUT2D eigenvalue weighted by Gasteiger charge is 2.19. The highest BCUT2D eigenvalue weighted by atomic mass is 16.5. The van der Waals surface area contributed by atoms with Crippen molar-refractivity contribution in [3.8, 4) is 17.1 Å². The lowest BCUT2D eigenvalue weighted by molar-refractivity contribution is 0.296. The lowest BCUT2D eigenvalue weighted by atomic mass is 9.94. The number of ether oxygens (including phenoxy) is 1. The zero-order valence-electron chi connectivity index (χ0n) is 17.6. The van der Waals surface area contributed by atoms with Gasteiger partial charge in [0.2, 0.25) is 0 Å². The minimum atomic E-state index is 0.273. The molecule has 4 aromatic rings. The Morgan fingerprint density at radius 1 is 1.26 bits per heavy atom. The molecule has 1 aliphatic rings. The number of benzene rings is 1. The first-order valence-electron chi connectivity index (χ1n) is 10.3. The number of hydrogen-bond donors (Lipinski definition) is 3. The molecule has 158 valence electrons. The van der Waals surface area contributed by atoms with E-state index in [0.29, 0.717) is 12.5 Å². The molecule has 1 aromatic carbocycles. The zero-order valence-corrected chi connectivity index (χ0v) is 17.6. The van der Waals surface area contributed by atoms with Gasteiger partial charge >= 0.3 is 0 Å². The number of H-pyrrole nitrogens is 1. The van der Waals surface area contributed by atoms with Gasteiger partial charge in [-0.1, -0.05) is 0 Å². The van der Waals surface area contributed by atoms with Crippen LogP contribution >= 0.6 is 0 Å². The Balaban J connectivity index is 1.46. The number of pyridine rings is 1. The molecule has 4 N–H and O–H groups in total. The van der Waals surface area contributed by atoms with Gasteiger partial charge in [-0.3, -0.25) is 0 Å². The zero-order chi connectivity index (χ0) is 21.4. The van der Waals surface area contributed by atoms with E-state index in [-0.39, 0.29) is 5.82 Å². The molecule has 0 bridgehead atoms. The molecule has 0 unspecified atom stereocenters. The quantitative estimate of drug-likeness (QED) is 0.460. The van der Waals surface area contributed by atoms with E-state index in [1.807, 2.05) is 25.4 Å². The summed E-state index contributed by atoms with van der Waals surface area (Å²) in [6, 6.07) is 8.24. The third kappa shape index (κ3) is 3.66. The third-order valence-corrected chi connectivity index (χ3v) is 5.77. The normalized spacial score (nSPS) is 13.9. The van der Waals surface area contributed by atoms with Gasteiger partial charge in [-0.2, -0.15) is 0 Å². The Labute approximate surface area is 180 Å². The lowest BCUT2D eigenvalue weighted by Gasteiger charge is -2.27. The van der Waals surface area contributed by atoms with E-state index in [1.54, 1.807) is 12.4 Å². The first-order valence-corrected chi connectivity index (χ1v) is 10.3. The predicted molar refractivity (Wildman–Crippen MR) is 122 cm³/mol. The Hall–Kier alpha value is -3.65. The van der Waals surface area contributed by atoms with E-state index in [9.17, 15) is 0 Å². The summed E-state index contributed by atoms with van der Waals surface area (Å²) < 4.78 is 5.98. The molecule has 4 heterocycles. The Morgan fingerprint density at radius 3 is 3.03 bits per heavy atom. The van der Waals surface area contributed by atoms with Crippen LogP contribution in [0.3, 0.4) is 0 Å². The van der Waals surface area contributed by atoms with E-state index in [4.69, 9.17) is 15.5 Å². The number of nitrogens with zero attached hydrogens (tertiary/aromatic N) is 4. The molecule has 0 saturated heterocycles. The minimum Gasteiger partial charge on any atom is -0.470 e. The smallest absolute Gasteiger partial charge is 0.258 e. The van der Waals surface area contributed by atoms with Crippen molar-refractivity contribution < 1.29 is 4.74 Å². The van der Waals surface area contributed by atoms with Gasteiger partial charge in [-0.25, -0.2) is 15.0 Å². The molecule has 0 saturated carbocycles.